The standard InChI is InChI=1S/C27H29Cl2FN2O3/c1-18(34)17-35-23-10-11-25(24(29)14-23)32-13-12-31(15-26(32)19-2-6-21(28)7-3-19)27(16-33)20-4-8-22(30)9-5-20/h2-11,14,18,26-27,33-34H,12-13,15-17H2,1H3/t18-,26+,27+/m1/s1. The summed E-state index contributed by atoms with van der Waals surface area (Å²) in [6, 6.07) is 19.3. The number of hydrogen-bond donors (Lipinski definition) is 2. The van der Waals surface area contributed by atoms with E-state index in [1.807, 2.05) is 36.4 Å². The van der Waals surface area contributed by atoms with E-state index in [-0.39, 0.29) is 31.1 Å². The first-order valence-corrected chi connectivity index (χ1v) is 12.3. The minimum Gasteiger partial charge on any atom is -0.491 e. The summed E-state index contributed by atoms with van der Waals surface area (Å²) in [5, 5.41) is 20.9. The Morgan fingerprint density at radius 3 is 2.37 bits per heavy atom. The Bertz CT molecular complexity index is 1110. The molecule has 186 valence electrons. The summed E-state index contributed by atoms with van der Waals surface area (Å²) in [6.07, 6.45) is -0.573. The van der Waals surface area contributed by atoms with Gasteiger partial charge in [-0.15, -0.1) is 0 Å². The van der Waals surface area contributed by atoms with Crippen molar-refractivity contribution >= 4 is 28.9 Å². The Morgan fingerprint density at radius 1 is 1.03 bits per heavy atom. The van der Waals surface area contributed by atoms with Crippen LogP contribution in [0.5, 0.6) is 5.75 Å². The number of rotatable bonds is 8. The second-order valence-corrected chi connectivity index (χ2v) is 9.62. The fraction of sp³-hybridized carbons (Fsp3) is 0.333. The number of anilines is 1. The molecule has 1 saturated heterocycles. The number of aliphatic hydroxyl groups excluding tert-OH is 2. The summed E-state index contributed by atoms with van der Waals surface area (Å²) in [4.78, 5) is 4.47. The van der Waals surface area contributed by atoms with Crippen LogP contribution in [0.4, 0.5) is 10.1 Å². The molecule has 35 heavy (non-hydrogen) atoms. The number of nitrogens with zero attached hydrogens (tertiary/aromatic N) is 2. The summed E-state index contributed by atoms with van der Waals surface area (Å²) in [6.45, 7) is 3.75. The van der Waals surface area contributed by atoms with Crippen LogP contribution in [-0.4, -0.2) is 54.1 Å². The highest BCUT2D eigenvalue weighted by atomic mass is 35.5. The van der Waals surface area contributed by atoms with Crippen molar-refractivity contribution in [2.45, 2.75) is 25.1 Å². The predicted octanol–water partition coefficient (Wildman–Crippen LogP) is 5.49. The molecule has 3 atom stereocenters. The summed E-state index contributed by atoms with van der Waals surface area (Å²) < 4.78 is 19.1. The Morgan fingerprint density at radius 2 is 1.74 bits per heavy atom. The highest BCUT2D eigenvalue weighted by Crippen LogP contribution is 2.39. The molecule has 0 amide bonds. The van der Waals surface area contributed by atoms with Gasteiger partial charge in [0.2, 0.25) is 0 Å². The van der Waals surface area contributed by atoms with E-state index >= 15 is 0 Å². The molecule has 5 nitrogen and oxygen atoms in total. The lowest BCUT2D eigenvalue weighted by atomic mass is 9.98. The summed E-state index contributed by atoms with van der Waals surface area (Å²) in [7, 11) is 0. The zero-order valence-corrected chi connectivity index (χ0v) is 21.0. The number of aliphatic hydroxyl groups is 2. The quantitative estimate of drug-likeness (QED) is 0.413. The minimum atomic E-state index is -0.573. The highest BCUT2D eigenvalue weighted by Gasteiger charge is 2.33. The lowest BCUT2D eigenvalue weighted by molar-refractivity contribution is 0.103. The van der Waals surface area contributed by atoms with Crippen LogP contribution in [0.15, 0.2) is 66.7 Å². The Hall–Kier alpha value is -2.35. The lowest BCUT2D eigenvalue weighted by Gasteiger charge is -2.46. The highest BCUT2D eigenvalue weighted by molar-refractivity contribution is 6.33. The predicted molar refractivity (Wildman–Crippen MR) is 138 cm³/mol. The van der Waals surface area contributed by atoms with Gasteiger partial charge < -0.3 is 19.8 Å². The van der Waals surface area contributed by atoms with Crippen LogP contribution in [0.3, 0.4) is 0 Å². The van der Waals surface area contributed by atoms with Crippen LogP contribution in [-0.2, 0) is 0 Å². The molecule has 0 unspecified atom stereocenters. The van der Waals surface area contributed by atoms with Crippen LogP contribution in [0.1, 0.15) is 30.1 Å². The van der Waals surface area contributed by atoms with Gasteiger partial charge in [0.15, 0.2) is 0 Å². The van der Waals surface area contributed by atoms with Crippen molar-refractivity contribution in [2.24, 2.45) is 0 Å². The van der Waals surface area contributed by atoms with Gasteiger partial charge in [0.25, 0.3) is 0 Å². The SMILES string of the molecule is C[C@@H](O)COc1ccc(N2CCN([C@@H](CO)c3ccc(F)cc3)C[C@H]2c2ccc(Cl)cc2)c(Cl)c1. The molecular formula is C27H29Cl2FN2O3. The van der Waals surface area contributed by atoms with Crippen molar-refractivity contribution in [3.63, 3.8) is 0 Å². The van der Waals surface area contributed by atoms with Gasteiger partial charge in [-0.05, 0) is 54.4 Å². The van der Waals surface area contributed by atoms with E-state index in [0.717, 1.165) is 16.8 Å². The van der Waals surface area contributed by atoms with Crippen LogP contribution < -0.4 is 9.64 Å². The number of hydrogen-bond acceptors (Lipinski definition) is 5. The molecule has 0 saturated carbocycles. The van der Waals surface area contributed by atoms with Gasteiger partial charge in [0, 0.05) is 30.7 Å². The normalized spacial score (nSPS) is 18.3. The van der Waals surface area contributed by atoms with Crippen LogP contribution in [0.2, 0.25) is 10.0 Å². The minimum absolute atomic E-state index is 0.0581. The third-order valence-electron chi connectivity index (χ3n) is 6.25. The second-order valence-electron chi connectivity index (χ2n) is 8.78. The molecular weight excluding hydrogens is 490 g/mol. The molecule has 1 fully saturated rings. The molecule has 0 bridgehead atoms. The summed E-state index contributed by atoms with van der Waals surface area (Å²) in [5.41, 5.74) is 2.81. The van der Waals surface area contributed by atoms with Crippen molar-refractivity contribution < 1.29 is 19.3 Å². The molecule has 1 aliphatic rings. The van der Waals surface area contributed by atoms with Gasteiger partial charge in [0.05, 0.1) is 35.5 Å². The van der Waals surface area contributed by atoms with E-state index < -0.39 is 6.10 Å². The molecule has 0 radical (unpaired) electrons. The van der Waals surface area contributed by atoms with Gasteiger partial charge in [0.1, 0.15) is 18.2 Å². The molecule has 0 aromatic heterocycles. The number of ether oxygens (including phenoxy) is 1. The van der Waals surface area contributed by atoms with Gasteiger partial charge in [-0.3, -0.25) is 4.90 Å². The molecule has 8 heteroatoms. The fourth-order valence-electron chi connectivity index (χ4n) is 4.49. The molecule has 2 N–H and O–H groups in total. The van der Waals surface area contributed by atoms with E-state index in [1.54, 1.807) is 25.1 Å². The summed E-state index contributed by atoms with van der Waals surface area (Å²) >= 11 is 12.9. The van der Waals surface area contributed by atoms with Crippen LogP contribution >= 0.6 is 23.2 Å². The number of benzene rings is 3. The number of halogens is 3. The van der Waals surface area contributed by atoms with E-state index in [1.165, 1.54) is 12.1 Å². The van der Waals surface area contributed by atoms with E-state index in [9.17, 15) is 14.6 Å². The first kappa shape index (κ1) is 25.7. The Kier molecular flexibility index (Phi) is 8.52. The number of piperazine rings is 1. The average Bonchev–Trinajstić information content (AvgIpc) is 2.85. The molecule has 0 aliphatic carbocycles. The van der Waals surface area contributed by atoms with Crippen molar-refractivity contribution in [2.75, 3.05) is 37.7 Å². The average molecular weight is 519 g/mol. The zero-order chi connectivity index (χ0) is 24.9. The zero-order valence-electron chi connectivity index (χ0n) is 19.4. The maximum atomic E-state index is 13.5. The van der Waals surface area contributed by atoms with Crippen molar-refractivity contribution in [1.82, 2.24) is 4.90 Å². The third kappa shape index (κ3) is 6.26. The molecule has 4 rings (SSSR count). The van der Waals surface area contributed by atoms with Crippen molar-refractivity contribution in [3.05, 3.63) is 93.7 Å². The topological polar surface area (TPSA) is 56.2 Å². The Labute approximate surface area is 215 Å². The molecule has 1 aliphatic heterocycles. The third-order valence-corrected chi connectivity index (χ3v) is 6.81. The maximum absolute atomic E-state index is 13.5. The molecule has 0 spiro atoms. The molecule has 3 aromatic carbocycles. The van der Waals surface area contributed by atoms with E-state index in [4.69, 9.17) is 27.9 Å². The van der Waals surface area contributed by atoms with Gasteiger partial charge in [-0.2, -0.15) is 0 Å². The van der Waals surface area contributed by atoms with E-state index in [0.29, 0.717) is 35.4 Å². The van der Waals surface area contributed by atoms with Crippen molar-refractivity contribution in [1.29, 1.82) is 0 Å². The monoisotopic (exact) mass is 518 g/mol. The summed E-state index contributed by atoms with van der Waals surface area (Å²) in [5.74, 6) is 0.294. The molecule has 1 heterocycles. The van der Waals surface area contributed by atoms with Gasteiger partial charge >= 0.3 is 0 Å². The first-order chi connectivity index (χ1) is 16.9. The Balaban J connectivity index is 1.63. The van der Waals surface area contributed by atoms with Gasteiger partial charge in [-0.25, -0.2) is 4.39 Å². The van der Waals surface area contributed by atoms with Crippen LogP contribution in [0, 0.1) is 5.82 Å². The lowest BCUT2D eigenvalue weighted by Crippen LogP contribution is -2.50. The maximum Gasteiger partial charge on any atom is 0.123 e. The largest absolute Gasteiger partial charge is 0.491 e. The van der Waals surface area contributed by atoms with E-state index in [2.05, 4.69) is 9.80 Å². The van der Waals surface area contributed by atoms with Gasteiger partial charge in [-0.1, -0.05) is 47.5 Å². The fourth-order valence-corrected chi connectivity index (χ4v) is 4.89. The van der Waals surface area contributed by atoms with Crippen molar-refractivity contribution in [3.8, 4) is 5.75 Å². The first-order valence-electron chi connectivity index (χ1n) is 11.6. The smallest absolute Gasteiger partial charge is 0.123 e. The second kappa shape index (κ2) is 11.6. The van der Waals surface area contributed by atoms with Crippen LogP contribution in [0.25, 0.3) is 0 Å². The molecule has 3 aromatic rings.